The molecule has 0 aliphatic carbocycles. The molecule has 1 aliphatic rings. The maximum Gasteiger partial charge on any atom is 0.331 e. The van der Waals surface area contributed by atoms with Crippen molar-refractivity contribution in [3.8, 4) is 0 Å². The molecule has 3 N–H and O–H groups in total. The summed E-state index contributed by atoms with van der Waals surface area (Å²) >= 11 is 0. The highest BCUT2D eigenvalue weighted by atomic mass is 16.4. The van der Waals surface area contributed by atoms with E-state index >= 15 is 0 Å². The summed E-state index contributed by atoms with van der Waals surface area (Å²) in [6.45, 7) is 4.11. The first-order chi connectivity index (χ1) is 8.88. The lowest BCUT2D eigenvalue weighted by Crippen LogP contribution is -2.36. The third-order valence-corrected chi connectivity index (χ3v) is 3.29. The first-order valence-electron chi connectivity index (χ1n) is 6.24. The van der Waals surface area contributed by atoms with Gasteiger partial charge in [-0.05, 0) is 19.4 Å². The van der Waals surface area contributed by atoms with Gasteiger partial charge in [-0.3, -0.25) is 4.79 Å². The van der Waals surface area contributed by atoms with Gasteiger partial charge >= 0.3 is 5.97 Å². The Labute approximate surface area is 112 Å². The van der Waals surface area contributed by atoms with Crippen LogP contribution in [0, 0.1) is 13.8 Å². The Morgan fingerprint density at radius 3 is 2.37 bits per heavy atom. The van der Waals surface area contributed by atoms with Crippen LogP contribution in [0.1, 0.15) is 29.2 Å². The molecule has 0 aromatic heterocycles. The quantitative estimate of drug-likeness (QED) is 0.850. The van der Waals surface area contributed by atoms with Crippen LogP contribution in [-0.4, -0.2) is 34.5 Å². The zero-order chi connectivity index (χ0) is 14.2. The van der Waals surface area contributed by atoms with Gasteiger partial charge in [-0.15, -0.1) is 0 Å². The SMILES string of the molecule is Cc1cc(C)cc(C(C(=O)O)N2CC(N)CC2=O)c1. The summed E-state index contributed by atoms with van der Waals surface area (Å²) in [5, 5.41) is 9.44. The van der Waals surface area contributed by atoms with Crippen molar-refractivity contribution >= 4 is 11.9 Å². The molecule has 1 amide bonds. The van der Waals surface area contributed by atoms with Gasteiger partial charge in [-0.25, -0.2) is 4.79 Å². The van der Waals surface area contributed by atoms with E-state index in [1.54, 1.807) is 0 Å². The smallest absolute Gasteiger partial charge is 0.331 e. The van der Waals surface area contributed by atoms with Crippen LogP contribution in [0.5, 0.6) is 0 Å². The van der Waals surface area contributed by atoms with Crippen LogP contribution in [0.15, 0.2) is 18.2 Å². The Kier molecular flexibility index (Phi) is 3.57. The number of aliphatic carboxylic acids is 1. The molecule has 102 valence electrons. The highest BCUT2D eigenvalue weighted by Crippen LogP contribution is 2.27. The first-order valence-corrected chi connectivity index (χ1v) is 6.24. The zero-order valence-corrected chi connectivity index (χ0v) is 11.1. The van der Waals surface area contributed by atoms with Gasteiger partial charge in [0.2, 0.25) is 5.91 Å². The summed E-state index contributed by atoms with van der Waals surface area (Å²) in [6, 6.07) is 4.37. The minimum atomic E-state index is -1.02. The molecule has 2 rings (SSSR count). The van der Waals surface area contributed by atoms with E-state index in [-0.39, 0.29) is 18.4 Å². The van der Waals surface area contributed by atoms with Crippen molar-refractivity contribution in [3.63, 3.8) is 0 Å². The number of carbonyl (C=O) groups excluding carboxylic acids is 1. The summed E-state index contributed by atoms with van der Waals surface area (Å²) in [4.78, 5) is 24.7. The van der Waals surface area contributed by atoms with Crippen molar-refractivity contribution in [3.05, 3.63) is 34.9 Å². The molecule has 1 saturated heterocycles. The van der Waals surface area contributed by atoms with Crippen molar-refractivity contribution in [2.75, 3.05) is 6.54 Å². The Bertz CT molecular complexity index is 507. The average molecular weight is 262 g/mol. The van der Waals surface area contributed by atoms with Gasteiger partial charge in [0.25, 0.3) is 0 Å². The van der Waals surface area contributed by atoms with Crippen LogP contribution in [-0.2, 0) is 9.59 Å². The number of carboxylic acid groups (broad SMARTS) is 1. The molecule has 2 unspecified atom stereocenters. The minimum absolute atomic E-state index is 0.195. The van der Waals surface area contributed by atoms with E-state index in [9.17, 15) is 14.7 Å². The summed E-state index contributed by atoms with van der Waals surface area (Å²) < 4.78 is 0. The first kappa shape index (κ1) is 13.5. The second kappa shape index (κ2) is 5.01. The normalized spacial score (nSPS) is 20.7. The molecule has 0 saturated carbocycles. The standard InChI is InChI=1S/C14H18N2O3/c1-8-3-9(2)5-10(4-8)13(14(18)19)16-7-11(15)6-12(16)17/h3-5,11,13H,6-7,15H2,1-2H3,(H,18,19). The molecule has 5 heteroatoms. The lowest BCUT2D eigenvalue weighted by atomic mass is 10.0. The number of nitrogens with zero attached hydrogens (tertiary/aromatic N) is 1. The number of rotatable bonds is 3. The predicted molar refractivity (Wildman–Crippen MR) is 70.6 cm³/mol. The number of likely N-dealkylation sites (tertiary alicyclic amines) is 1. The summed E-state index contributed by atoms with van der Waals surface area (Å²) in [6.07, 6.45) is 0.217. The second-order valence-corrected chi connectivity index (χ2v) is 5.17. The third kappa shape index (κ3) is 2.76. The molecule has 5 nitrogen and oxygen atoms in total. The lowest BCUT2D eigenvalue weighted by molar-refractivity contribution is -0.148. The summed E-state index contributed by atoms with van der Waals surface area (Å²) in [7, 11) is 0. The van der Waals surface area contributed by atoms with Crippen molar-refractivity contribution in [2.45, 2.75) is 32.4 Å². The average Bonchev–Trinajstić information content (AvgIpc) is 2.56. The molecule has 2 atom stereocenters. The highest BCUT2D eigenvalue weighted by molar-refractivity contribution is 5.86. The van der Waals surface area contributed by atoms with E-state index in [2.05, 4.69) is 0 Å². The number of aryl methyl sites for hydroxylation is 2. The van der Waals surface area contributed by atoms with Crippen LogP contribution in [0.25, 0.3) is 0 Å². The maximum atomic E-state index is 11.9. The Hall–Kier alpha value is -1.88. The fraction of sp³-hybridized carbons (Fsp3) is 0.429. The van der Waals surface area contributed by atoms with E-state index in [0.717, 1.165) is 11.1 Å². The maximum absolute atomic E-state index is 11.9. The molecule has 1 aromatic rings. The van der Waals surface area contributed by atoms with Gasteiger partial charge in [0.1, 0.15) is 0 Å². The van der Waals surface area contributed by atoms with Crippen LogP contribution < -0.4 is 5.73 Å². The molecular formula is C14H18N2O3. The van der Waals surface area contributed by atoms with Gasteiger partial charge in [0.15, 0.2) is 6.04 Å². The van der Waals surface area contributed by atoms with Crippen molar-refractivity contribution in [2.24, 2.45) is 5.73 Å². The number of hydrogen-bond donors (Lipinski definition) is 2. The van der Waals surface area contributed by atoms with Gasteiger partial charge in [0, 0.05) is 19.0 Å². The molecule has 1 heterocycles. The molecule has 1 aromatic carbocycles. The Morgan fingerprint density at radius 2 is 1.95 bits per heavy atom. The van der Waals surface area contributed by atoms with Crippen LogP contribution in [0.3, 0.4) is 0 Å². The molecule has 0 bridgehead atoms. The molecule has 0 radical (unpaired) electrons. The number of carboxylic acids is 1. The number of carbonyl (C=O) groups is 2. The van der Waals surface area contributed by atoms with Gasteiger partial charge in [0.05, 0.1) is 0 Å². The molecular weight excluding hydrogens is 244 g/mol. The third-order valence-electron chi connectivity index (χ3n) is 3.29. The van der Waals surface area contributed by atoms with E-state index < -0.39 is 12.0 Å². The number of hydrogen-bond acceptors (Lipinski definition) is 3. The summed E-state index contributed by atoms with van der Waals surface area (Å²) in [5.74, 6) is -1.22. The van der Waals surface area contributed by atoms with Crippen molar-refractivity contribution in [1.29, 1.82) is 0 Å². The molecule has 19 heavy (non-hydrogen) atoms. The van der Waals surface area contributed by atoms with Gasteiger partial charge in [-0.1, -0.05) is 29.3 Å². The monoisotopic (exact) mass is 262 g/mol. The largest absolute Gasteiger partial charge is 0.479 e. The van der Waals surface area contributed by atoms with Crippen LogP contribution in [0.4, 0.5) is 0 Å². The fourth-order valence-electron chi connectivity index (χ4n) is 2.63. The fourth-order valence-corrected chi connectivity index (χ4v) is 2.63. The van der Waals surface area contributed by atoms with Gasteiger partial charge < -0.3 is 15.7 Å². The number of nitrogens with two attached hydrogens (primary N) is 1. The number of benzene rings is 1. The van der Waals surface area contributed by atoms with E-state index in [4.69, 9.17) is 5.73 Å². The van der Waals surface area contributed by atoms with Crippen molar-refractivity contribution in [1.82, 2.24) is 4.90 Å². The summed E-state index contributed by atoms with van der Waals surface area (Å²) in [5.41, 5.74) is 8.33. The molecule has 1 aliphatic heterocycles. The minimum Gasteiger partial charge on any atom is -0.479 e. The predicted octanol–water partition coefficient (Wildman–Crippen LogP) is 0.989. The number of amides is 1. The second-order valence-electron chi connectivity index (χ2n) is 5.17. The van der Waals surface area contributed by atoms with Gasteiger partial charge in [-0.2, -0.15) is 0 Å². The van der Waals surface area contributed by atoms with E-state index in [1.165, 1.54) is 4.90 Å². The van der Waals surface area contributed by atoms with Crippen LogP contribution >= 0.6 is 0 Å². The van der Waals surface area contributed by atoms with Crippen LogP contribution in [0.2, 0.25) is 0 Å². The van der Waals surface area contributed by atoms with E-state index in [1.807, 2.05) is 32.0 Å². The molecule has 1 fully saturated rings. The lowest BCUT2D eigenvalue weighted by Gasteiger charge is -2.25. The Balaban J connectivity index is 2.40. The Morgan fingerprint density at radius 1 is 1.37 bits per heavy atom. The van der Waals surface area contributed by atoms with E-state index in [0.29, 0.717) is 12.1 Å². The van der Waals surface area contributed by atoms with Crippen molar-refractivity contribution < 1.29 is 14.7 Å². The molecule has 0 spiro atoms. The topological polar surface area (TPSA) is 83.6 Å². The zero-order valence-electron chi connectivity index (χ0n) is 11.1. The highest BCUT2D eigenvalue weighted by Gasteiger charge is 2.37.